The fourth-order valence-electron chi connectivity index (χ4n) is 3.58. The Kier molecular flexibility index (Phi) is 4.20. The minimum atomic E-state index is -3.92. The highest BCUT2D eigenvalue weighted by Crippen LogP contribution is 2.34. The van der Waals surface area contributed by atoms with Crippen LogP contribution < -0.4 is 0 Å². The summed E-state index contributed by atoms with van der Waals surface area (Å²) in [6.07, 6.45) is 4.43. The van der Waals surface area contributed by atoms with E-state index in [9.17, 15) is 12.8 Å². The van der Waals surface area contributed by atoms with Gasteiger partial charge in [0, 0.05) is 30.2 Å². The van der Waals surface area contributed by atoms with Gasteiger partial charge in [-0.2, -0.15) is 0 Å². The van der Waals surface area contributed by atoms with Crippen LogP contribution in [0.3, 0.4) is 0 Å². The molecular formula is C19H20FN3O3S. The van der Waals surface area contributed by atoms with E-state index in [2.05, 4.69) is 16.1 Å². The van der Waals surface area contributed by atoms with Gasteiger partial charge in [0.05, 0.1) is 5.52 Å². The third-order valence-electron chi connectivity index (χ3n) is 4.98. The maximum atomic E-state index is 13.9. The van der Waals surface area contributed by atoms with Gasteiger partial charge in [0.15, 0.2) is 10.7 Å². The Balaban J connectivity index is 1.98. The smallest absolute Gasteiger partial charge is 0.273 e. The Morgan fingerprint density at radius 1 is 1.26 bits per heavy atom. The topological polar surface area (TPSA) is 68.3 Å². The first-order chi connectivity index (χ1) is 12.8. The molecule has 0 unspecified atom stereocenters. The summed E-state index contributed by atoms with van der Waals surface area (Å²) in [4.78, 5) is 2.22. The maximum Gasteiger partial charge on any atom is 0.273 e. The lowest BCUT2D eigenvalue weighted by atomic mass is 9.99. The first-order valence-corrected chi connectivity index (χ1v) is 10.1. The SMILES string of the molecule is Cc1noc(C)c1S(=O)(=O)n1cc(C2=CCN(C)CC2)c2cc(F)ccc21. The molecule has 0 saturated carbocycles. The molecule has 27 heavy (non-hydrogen) atoms. The predicted octanol–water partition coefficient (Wildman–Crippen LogP) is 3.34. The molecule has 0 spiro atoms. The molecule has 1 aromatic carbocycles. The molecule has 0 atom stereocenters. The monoisotopic (exact) mass is 389 g/mol. The number of hydrogen-bond acceptors (Lipinski definition) is 5. The quantitative estimate of drug-likeness (QED) is 0.687. The third kappa shape index (κ3) is 2.89. The molecule has 0 radical (unpaired) electrons. The van der Waals surface area contributed by atoms with Crippen molar-refractivity contribution in [1.29, 1.82) is 0 Å². The summed E-state index contributed by atoms with van der Waals surface area (Å²) in [7, 11) is -1.90. The van der Waals surface area contributed by atoms with Crippen molar-refractivity contribution in [2.45, 2.75) is 25.2 Å². The number of rotatable bonds is 3. The Hall–Kier alpha value is -2.45. The number of fused-ring (bicyclic) bond motifs is 1. The zero-order valence-electron chi connectivity index (χ0n) is 15.4. The summed E-state index contributed by atoms with van der Waals surface area (Å²) in [5.41, 5.74) is 2.51. The van der Waals surface area contributed by atoms with Crippen molar-refractivity contribution < 1.29 is 17.3 Å². The Morgan fingerprint density at radius 2 is 2.04 bits per heavy atom. The van der Waals surface area contributed by atoms with E-state index >= 15 is 0 Å². The van der Waals surface area contributed by atoms with Crippen LogP contribution in [0.2, 0.25) is 0 Å². The molecule has 0 amide bonds. The summed E-state index contributed by atoms with van der Waals surface area (Å²) in [6.45, 7) is 4.80. The van der Waals surface area contributed by atoms with Gasteiger partial charge in [-0.15, -0.1) is 0 Å². The van der Waals surface area contributed by atoms with E-state index in [-0.39, 0.29) is 10.7 Å². The normalized spacial score (nSPS) is 16.1. The van der Waals surface area contributed by atoms with Gasteiger partial charge < -0.3 is 9.42 Å². The molecular weight excluding hydrogens is 369 g/mol. The molecule has 1 aliphatic rings. The van der Waals surface area contributed by atoms with Crippen LogP contribution in [0.5, 0.6) is 0 Å². The lowest BCUT2D eigenvalue weighted by molar-refractivity contribution is 0.370. The van der Waals surface area contributed by atoms with Crippen molar-refractivity contribution in [1.82, 2.24) is 14.0 Å². The second-order valence-corrected chi connectivity index (χ2v) is 8.65. The second kappa shape index (κ2) is 6.31. The zero-order valence-corrected chi connectivity index (χ0v) is 16.2. The van der Waals surface area contributed by atoms with Crippen molar-refractivity contribution in [3.63, 3.8) is 0 Å². The number of benzene rings is 1. The van der Waals surface area contributed by atoms with E-state index in [1.807, 2.05) is 7.05 Å². The van der Waals surface area contributed by atoms with Gasteiger partial charge in [0.2, 0.25) is 0 Å². The minimum Gasteiger partial charge on any atom is -0.360 e. The van der Waals surface area contributed by atoms with Gasteiger partial charge >= 0.3 is 0 Å². The highest BCUT2D eigenvalue weighted by molar-refractivity contribution is 7.90. The molecule has 0 saturated heterocycles. The third-order valence-corrected chi connectivity index (χ3v) is 6.89. The summed E-state index contributed by atoms with van der Waals surface area (Å²) in [5.74, 6) is -0.165. The van der Waals surface area contributed by atoms with Crippen LogP contribution >= 0.6 is 0 Å². The highest BCUT2D eigenvalue weighted by Gasteiger charge is 2.29. The number of halogens is 1. The molecule has 4 rings (SSSR count). The Morgan fingerprint density at radius 3 is 2.67 bits per heavy atom. The molecule has 1 aliphatic heterocycles. The van der Waals surface area contributed by atoms with Crippen LogP contribution in [0.25, 0.3) is 16.5 Å². The molecule has 0 N–H and O–H groups in total. The number of aryl methyl sites for hydroxylation is 2. The van der Waals surface area contributed by atoms with E-state index in [1.54, 1.807) is 20.0 Å². The van der Waals surface area contributed by atoms with E-state index < -0.39 is 15.8 Å². The van der Waals surface area contributed by atoms with Gasteiger partial charge in [-0.25, -0.2) is 16.8 Å². The molecule has 3 heterocycles. The number of hydrogen-bond donors (Lipinski definition) is 0. The lowest BCUT2D eigenvalue weighted by Gasteiger charge is -2.21. The standard InChI is InChI=1S/C19H20FN3O3S/c1-12-19(13(2)26-21-12)27(24,25)23-11-17(14-6-8-22(3)9-7-14)16-10-15(20)4-5-18(16)23/h4-6,10-11H,7-9H2,1-3H3. The first kappa shape index (κ1) is 17.9. The molecule has 0 bridgehead atoms. The average Bonchev–Trinajstić information content (AvgIpc) is 3.16. The highest BCUT2D eigenvalue weighted by atomic mass is 32.2. The fourth-order valence-corrected chi connectivity index (χ4v) is 5.25. The largest absolute Gasteiger partial charge is 0.360 e. The predicted molar refractivity (Wildman–Crippen MR) is 101 cm³/mol. The summed E-state index contributed by atoms with van der Waals surface area (Å²) in [5, 5.41) is 4.35. The maximum absolute atomic E-state index is 13.9. The number of aromatic nitrogens is 2. The summed E-state index contributed by atoms with van der Waals surface area (Å²) in [6, 6.07) is 4.16. The van der Waals surface area contributed by atoms with Crippen LogP contribution in [-0.2, 0) is 10.0 Å². The molecule has 142 valence electrons. The second-order valence-electron chi connectivity index (χ2n) is 6.90. The number of likely N-dealkylation sites (N-methyl/N-ethyl adjacent to an activating group) is 1. The van der Waals surface area contributed by atoms with Gasteiger partial charge in [-0.1, -0.05) is 11.2 Å². The molecule has 8 heteroatoms. The Labute approximate surface area is 156 Å². The number of nitrogens with zero attached hydrogens (tertiary/aromatic N) is 3. The Bertz CT molecular complexity index is 1150. The zero-order chi connectivity index (χ0) is 19.3. The van der Waals surface area contributed by atoms with Crippen molar-refractivity contribution >= 4 is 26.5 Å². The molecule has 0 aliphatic carbocycles. The van der Waals surface area contributed by atoms with Gasteiger partial charge in [0.25, 0.3) is 10.0 Å². The van der Waals surface area contributed by atoms with Gasteiger partial charge in [-0.05, 0) is 51.1 Å². The van der Waals surface area contributed by atoms with Crippen LogP contribution in [0.1, 0.15) is 23.4 Å². The molecule has 2 aromatic heterocycles. The molecule has 0 fully saturated rings. The average molecular weight is 389 g/mol. The molecule has 6 nitrogen and oxygen atoms in total. The van der Waals surface area contributed by atoms with Gasteiger partial charge in [-0.3, -0.25) is 0 Å². The van der Waals surface area contributed by atoms with Gasteiger partial charge in [0.1, 0.15) is 11.5 Å². The van der Waals surface area contributed by atoms with E-state index in [1.165, 1.54) is 22.2 Å². The van der Waals surface area contributed by atoms with Crippen LogP contribution in [0, 0.1) is 19.7 Å². The lowest BCUT2D eigenvalue weighted by Crippen LogP contribution is -2.23. The van der Waals surface area contributed by atoms with Crippen molar-refractivity contribution in [2.24, 2.45) is 0 Å². The molecule has 3 aromatic rings. The van der Waals surface area contributed by atoms with E-state index in [4.69, 9.17) is 4.52 Å². The van der Waals surface area contributed by atoms with Crippen LogP contribution in [-0.4, -0.2) is 42.6 Å². The van der Waals surface area contributed by atoms with Crippen LogP contribution in [0.4, 0.5) is 4.39 Å². The van der Waals surface area contributed by atoms with Crippen molar-refractivity contribution in [3.05, 3.63) is 53.3 Å². The minimum absolute atomic E-state index is 0.0487. The van der Waals surface area contributed by atoms with Crippen LogP contribution in [0.15, 0.2) is 39.9 Å². The van der Waals surface area contributed by atoms with E-state index in [0.717, 1.165) is 30.6 Å². The van der Waals surface area contributed by atoms with Crippen molar-refractivity contribution in [3.8, 4) is 0 Å². The summed E-state index contributed by atoms with van der Waals surface area (Å²) >= 11 is 0. The summed E-state index contributed by atoms with van der Waals surface area (Å²) < 4.78 is 46.9. The first-order valence-electron chi connectivity index (χ1n) is 8.66. The van der Waals surface area contributed by atoms with Crippen molar-refractivity contribution in [2.75, 3.05) is 20.1 Å². The van der Waals surface area contributed by atoms with E-state index in [0.29, 0.717) is 16.6 Å². The fraction of sp³-hybridized carbons (Fsp3) is 0.316.